The molecule has 1 aromatic carbocycles. The average molecular weight is 292 g/mol. The highest BCUT2D eigenvalue weighted by atomic mass is 16.5. The Labute approximate surface area is 128 Å². The molecule has 21 heavy (non-hydrogen) atoms. The molecule has 0 atom stereocenters. The van der Waals surface area contributed by atoms with Crippen LogP contribution < -0.4 is 14.8 Å². The Bertz CT molecular complexity index is 482. The first-order valence-electron chi connectivity index (χ1n) is 7.47. The van der Waals surface area contributed by atoms with E-state index in [1.807, 2.05) is 12.1 Å². The summed E-state index contributed by atoms with van der Waals surface area (Å²) in [6, 6.07) is 6.05. The van der Waals surface area contributed by atoms with Gasteiger partial charge in [0.1, 0.15) is 11.5 Å². The Morgan fingerprint density at radius 2 is 1.67 bits per heavy atom. The second kappa shape index (κ2) is 5.85. The maximum atomic E-state index is 5.51. The van der Waals surface area contributed by atoms with Crippen molar-refractivity contribution in [2.45, 2.75) is 45.3 Å². The van der Waals surface area contributed by atoms with Crippen LogP contribution in [0.25, 0.3) is 0 Å². The maximum Gasteiger partial charge on any atom is 0.127 e. The van der Waals surface area contributed by atoms with E-state index in [9.17, 15) is 0 Å². The van der Waals surface area contributed by atoms with Gasteiger partial charge in [0.25, 0.3) is 0 Å². The minimum Gasteiger partial charge on any atom is -0.497 e. The van der Waals surface area contributed by atoms with Crippen LogP contribution in [0.4, 0.5) is 0 Å². The Kier molecular flexibility index (Phi) is 4.49. The highest BCUT2D eigenvalue weighted by molar-refractivity contribution is 5.40. The summed E-state index contributed by atoms with van der Waals surface area (Å²) in [5, 5.41) is 3.70. The summed E-state index contributed by atoms with van der Waals surface area (Å²) < 4.78 is 10.8. The molecule has 1 fully saturated rings. The number of ether oxygens (including phenoxy) is 2. The molecule has 2 rings (SSSR count). The van der Waals surface area contributed by atoms with Crippen molar-refractivity contribution in [3.63, 3.8) is 0 Å². The number of piperazine rings is 1. The lowest BCUT2D eigenvalue weighted by Gasteiger charge is -2.48. The Morgan fingerprint density at radius 1 is 1.05 bits per heavy atom. The third kappa shape index (κ3) is 4.11. The number of hydrogen-bond acceptors (Lipinski definition) is 4. The number of nitrogens with zero attached hydrogens (tertiary/aromatic N) is 1. The zero-order valence-electron chi connectivity index (χ0n) is 14.1. The van der Waals surface area contributed by atoms with E-state index in [4.69, 9.17) is 9.47 Å². The molecular formula is C17H28N2O2. The molecule has 0 bridgehead atoms. The molecular weight excluding hydrogens is 264 g/mol. The summed E-state index contributed by atoms with van der Waals surface area (Å²) in [7, 11) is 3.39. The molecule has 1 saturated heterocycles. The fourth-order valence-electron chi connectivity index (χ4n) is 3.50. The standard InChI is InChI=1S/C17H28N2O2/c1-16(2)11-19(12-17(3,4)18-16)10-13-7-8-14(20-5)9-15(13)21-6/h7-9,18H,10-12H2,1-6H3. The monoisotopic (exact) mass is 292 g/mol. The quantitative estimate of drug-likeness (QED) is 0.925. The molecule has 1 heterocycles. The fraction of sp³-hybridized carbons (Fsp3) is 0.647. The first-order valence-corrected chi connectivity index (χ1v) is 7.47. The van der Waals surface area contributed by atoms with E-state index in [0.29, 0.717) is 0 Å². The smallest absolute Gasteiger partial charge is 0.127 e. The molecule has 1 N–H and O–H groups in total. The van der Waals surface area contributed by atoms with E-state index >= 15 is 0 Å². The minimum absolute atomic E-state index is 0.113. The molecule has 4 nitrogen and oxygen atoms in total. The van der Waals surface area contributed by atoms with Gasteiger partial charge in [-0.3, -0.25) is 4.90 Å². The van der Waals surface area contributed by atoms with Gasteiger partial charge in [-0.1, -0.05) is 6.07 Å². The predicted octanol–water partition coefficient (Wildman–Crippen LogP) is 2.67. The van der Waals surface area contributed by atoms with Gasteiger partial charge in [-0.2, -0.15) is 0 Å². The number of hydrogen-bond donors (Lipinski definition) is 1. The third-order valence-corrected chi connectivity index (χ3v) is 3.80. The van der Waals surface area contributed by atoms with Crippen molar-refractivity contribution < 1.29 is 9.47 Å². The van der Waals surface area contributed by atoms with Crippen LogP contribution in [0.2, 0.25) is 0 Å². The van der Waals surface area contributed by atoms with Gasteiger partial charge < -0.3 is 14.8 Å². The molecule has 4 heteroatoms. The molecule has 118 valence electrons. The van der Waals surface area contributed by atoms with Crippen LogP contribution in [-0.2, 0) is 6.54 Å². The minimum atomic E-state index is 0.113. The summed E-state index contributed by atoms with van der Waals surface area (Å²) in [5.41, 5.74) is 1.43. The van der Waals surface area contributed by atoms with Gasteiger partial charge in [0.15, 0.2) is 0 Å². The second-order valence-electron chi connectivity index (χ2n) is 7.22. The summed E-state index contributed by atoms with van der Waals surface area (Å²) in [6.45, 7) is 12.0. The Hall–Kier alpha value is -1.26. The molecule has 1 aromatic rings. The van der Waals surface area contributed by atoms with Crippen molar-refractivity contribution in [3.8, 4) is 11.5 Å². The fourth-order valence-corrected chi connectivity index (χ4v) is 3.50. The van der Waals surface area contributed by atoms with Crippen LogP contribution in [-0.4, -0.2) is 43.3 Å². The Balaban J connectivity index is 2.17. The van der Waals surface area contributed by atoms with Crippen LogP contribution in [0.15, 0.2) is 18.2 Å². The largest absolute Gasteiger partial charge is 0.497 e. The van der Waals surface area contributed by atoms with Gasteiger partial charge >= 0.3 is 0 Å². The lowest BCUT2D eigenvalue weighted by Crippen LogP contribution is -2.66. The average Bonchev–Trinajstić information content (AvgIpc) is 2.35. The summed E-state index contributed by atoms with van der Waals surface area (Å²) in [4.78, 5) is 2.49. The van der Waals surface area contributed by atoms with Gasteiger partial charge in [0, 0.05) is 42.3 Å². The van der Waals surface area contributed by atoms with E-state index in [0.717, 1.165) is 31.1 Å². The van der Waals surface area contributed by atoms with Crippen LogP contribution in [0, 0.1) is 0 Å². The summed E-state index contributed by atoms with van der Waals surface area (Å²) >= 11 is 0. The first kappa shape index (κ1) is 16.1. The summed E-state index contributed by atoms with van der Waals surface area (Å²) in [6.07, 6.45) is 0. The van der Waals surface area contributed by atoms with E-state index in [1.165, 1.54) is 5.56 Å². The van der Waals surface area contributed by atoms with Crippen molar-refractivity contribution in [1.82, 2.24) is 10.2 Å². The van der Waals surface area contributed by atoms with Crippen molar-refractivity contribution in [3.05, 3.63) is 23.8 Å². The van der Waals surface area contributed by atoms with Crippen molar-refractivity contribution in [1.29, 1.82) is 0 Å². The first-order chi connectivity index (χ1) is 9.74. The molecule has 0 spiro atoms. The van der Waals surface area contributed by atoms with Crippen LogP contribution in [0.5, 0.6) is 11.5 Å². The third-order valence-electron chi connectivity index (χ3n) is 3.80. The normalized spacial score (nSPS) is 21.0. The number of benzene rings is 1. The van der Waals surface area contributed by atoms with E-state index in [-0.39, 0.29) is 11.1 Å². The maximum absolute atomic E-state index is 5.51. The molecule has 0 amide bonds. The molecule has 1 aliphatic heterocycles. The molecule has 0 aromatic heterocycles. The van der Waals surface area contributed by atoms with E-state index < -0.39 is 0 Å². The second-order valence-corrected chi connectivity index (χ2v) is 7.22. The van der Waals surface area contributed by atoms with Crippen molar-refractivity contribution >= 4 is 0 Å². The SMILES string of the molecule is COc1ccc(CN2CC(C)(C)NC(C)(C)C2)c(OC)c1. The van der Waals surface area contributed by atoms with Gasteiger partial charge in [-0.05, 0) is 33.8 Å². The topological polar surface area (TPSA) is 33.7 Å². The summed E-state index contributed by atoms with van der Waals surface area (Å²) in [5.74, 6) is 1.72. The Morgan fingerprint density at radius 3 is 2.19 bits per heavy atom. The van der Waals surface area contributed by atoms with Gasteiger partial charge in [-0.25, -0.2) is 0 Å². The van der Waals surface area contributed by atoms with Gasteiger partial charge in [0.2, 0.25) is 0 Å². The predicted molar refractivity (Wildman–Crippen MR) is 86.1 cm³/mol. The van der Waals surface area contributed by atoms with Crippen LogP contribution in [0.3, 0.4) is 0 Å². The van der Waals surface area contributed by atoms with Gasteiger partial charge in [0.05, 0.1) is 14.2 Å². The molecule has 0 unspecified atom stereocenters. The molecule has 1 aliphatic rings. The zero-order valence-corrected chi connectivity index (χ0v) is 14.1. The number of rotatable bonds is 4. The van der Waals surface area contributed by atoms with Crippen LogP contribution >= 0.6 is 0 Å². The molecule has 0 aliphatic carbocycles. The van der Waals surface area contributed by atoms with Gasteiger partial charge in [-0.15, -0.1) is 0 Å². The number of methoxy groups -OCH3 is 2. The van der Waals surface area contributed by atoms with Crippen molar-refractivity contribution in [2.75, 3.05) is 27.3 Å². The van der Waals surface area contributed by atoms with Crippen LogP contribution in [0.1, 0.15) is 33.3 Å². The number of nitrogens with one attached hydrogen (secondary N) is 1. The highest BCUT2D eigenvalue weighted by Crippen LogP contribution is 2.28. The van der Waals surface area contributed by atoms with E-state index in [2.05, 4.69) is 44.0 Å². The van der Waals surface area contributed by atoms with E-state index in [1.54, 1.807) is 14.2 Å². The lowest BCUT2D eigenvalue weighted by molar-refractivity contribution is 0.0722. The zero-order chi connectivity index (χ0) is 15.7. The highest BCUT2D eigenvalue weighted by Gasteiger charge is 2.36. The molecule has 0 saturated carbocycles. The molecule has 0 radical (unpaired) electrons. The lowest BCUT2D eigenvalue weighted by atomic mass is 9.91. The van der Waals surface area contributed by atoms with Crippen molar-refractivity contribution in [2.24, 2.45) is 0 Å².